The number of benzene rings is 1. The lowest BCUT2D eigenvalue weighted by molar-refractivity contribution is -0.384. The highest BCUT2D eigenvalue weighted by Crippen LogP contribution is 2.34. The van der Waals surface area contributed by atoms with Gasteiger partial charge < -0.3 is 10.0 Å². The van der Waals surface area contributed by atoms with E-state index >= 15 is 0 Å². The minimum Gasteiger partial charge on any atom is -0.390 e. The van der Waals surface area contributed by atoms with E-state index in [1.165, 1.54) is 12.1 Å². The van der Waals surface area contributed by atoms with Crippen LogP contribution in [0, 0.1) is 10.1 Å². The standard InChI is InChI=1S/C12H15ClN2O3/c1-12(16)4-6-14(7-5-12)11-8-9(13)2-3-10(11)15(17)18/h2-3,8,16H,4-7H2,1H3. The average Bonchev–Trinajstić information content (AvgIpc) is 2.28. The molecule has 1 aliphatic heterocycles. The lowest BCUT2D eigenvalue weighted by Crippen LogP contribution is -2.42. The van der Waals surface area contributed by atoms with Gasteiger partial charge in [0.25, 0.3) is 5.69 Å². The largest absolute Gasteiger partial charge is 0.390 e. The number of rotatable bonds is 2. The molecule has 0 atom stereocenters. The number of piperidine rings is 1. The van der Waals surface area contributed by atoms with Crippen LogP contribution in [0.15, 0.2) is 18.2 Å². The Labute approximate surface area is 110 Å². The van der Waals surface area contributed by atoms with Gasteiger partial charge in [-0.25, -0.2) is 0 Å². The Bertz CT molecular complexity index is 466. The minimum absolute atomic E-state index is 0.0564. The zero-order valence-corrected chi connectivity index (χ0v) is 10.9. The molecule has 1 aromatic rings. The maximum Gasteiger partial charge on any atom is 0.292 e. The Morgan fingerprint density at radius 3 is 2.61 bits per heavy atom. The molecule has 5 nitrogen and oxygen atoms in total. The molecule has 1 aromatic carbocycles. The van der Waals surface area contributed by atoms with Gasteiger partial charge in [-0.1, -0.05) is 11.6 Å². The first-order chi connectivity index (χ1) is 8.39. The summed E-state index contributed by atoms with van der Waals surface area (Å²) >= 11 is 5.90. The van der Waals surface area contributed by atoms with Gasteiger partial charge in [0.2, 0.25) is 0 Å². The Kier molecular flexibility index (Phi) is 3.45. The van der Waals surface area contributed by atoms with Crippen molar-refractivity contribution in [1.29, 1.82) is 0 Å². The third kappa shape index (κ3) is 2.73. The van der Waals surface area contributed by atoms with Gasteiger partial charge in [-0.05, 0) is 31.9 Å². The van der Waals surface area contributed by atoms with Crippen molar-refractivity contribution < 1.29 is 10.0 Å². The third-order valence-corrected chi connectivity index (χ3v) is 3.55. The molecule has 6 heteroatoms. The summed E-state index contributed by atoms with van der Waals surface area (Å²) in [5.41, 5.74) is -0.0897. The lowest BCUT2D eigenvalue weighted by atomic mass is 9.93. The molecule has 1 heterocycles. The summed E-state index contributed by atoms with van der Waals surface area (Å²) in [5.74, 6) is 0. The molecule has 1 saturated heterocycles. The topological polar surface area (TPSA) is 66.6 Å². The molecule has 0 saturated carbocycles. The van der Waals surface area contributed by atoms with Crippen molar-refractivity contribution in [3.8, 4) is 0 Å². The van der Waals surface area contributed by atoms with Gasteiger partial charge in [-0.2, -0.15) is 0 Å². The van der Waals surface area contributed by atoms with Crippen LogP contribution in [-0.2, 0) is 0 Å². The zero-order chi connectivity index (χ0) is 13.3. The average molecular weight is 271 g/mol. The van der Waals surface area contributed by atoms with Crippen LogP contribution in [0.5, 0.6) is 0 Å². The van der Waals surface area contributed by atoms with Gasteiger partial charge in [0.1, 0.15) is 5.69 Å². The van der Waals surface area contributed by atoms with Gasteiger partial charge in [0.15, 0.2) is 0 Å². The molecule has 0 amide bonds. The van der Waals surface area contributed by atoms with E-state index in [-0.39, 0.29) is 5.69 Å². The molecular weight excluding hydrogens is 256 g/mol. The molecule has 2 rings (SSSR count). The minimum atomic E-state index is -0.677. The fourth-order valence-corrected chi connectivity index (χ4v) is 2.30. The Balaban J connectivity index is 2.28. The van der Waals surface area contributed by atoms with E-state index in [0.29, 0.717) is 36.6 Å². The molecule has 0 radical (unpaired) electrons. The van der Waals surface area contributed by atoms with Crippen LogP contribution in [-0.4, -0.2) is 28.7 Å². The van der Waals surface area contributed by atoms with Gasteiger partial charge >= 0.3 is 0 Å². The van der Waals surface area contributed by atoms with Crippen LogP contribution in [0.1, 0.15) is 19.8 Å². The second-order valence-corrected chi connectivity index (χ2v) is 5.31. The Hall–Kier alpha value is -1.33. The maximum atomic E-state index is 11.0. The first-order valence-corrected chi connectivity index (χ1v) is 6.18. The predicted octanol–water partition coefficient (Wildman–Crippen LogP) is 2.60. The molecule has 18 heavy (non-hydrogen) atoms. The van der Waals surface area contributed by atoms with E-state index in [9.17, 15) is 15.2 Å². The summed E-state index contributed by atoms with van der Waals surface area (Å²) in [5, 5.41) is 21.4. The lowest BCUT2D eigenvalue weighted by Gasteiger charge is -2.36. The van der Waals surface area contributed by atoms with Gasteiger partial charge in [-0.15, -0.1) is 0 Å². The second-order valence-electron chi connectivity index (χ2n) is 4.87. The molecule has 0 unspecified atom stereocenters. The quantitative estimate of drug-likeness (QED) is 0.663. The number of halogens is 1. The maximum absolute atomic E-state index is 11.0. The summed E-state index contributed by atoms with van der Waals surface area (Å²) in [4.78, 5) is 12.5. The summed E-state index contributed by atoms with van der Waals surface area (Å²) in [7, 11) is 0. The molecule has 0 aliphatic carbocycles. The summed E-state index contributed by atoms with van der Waals surface area (Å²) in [6, 6.07) is 4.55. The normalized spacial score (nSPS) is 18.7. The number of aliphatic hydroxyl groups is 1. The number of nitrogens with zero attached hydrogens (tertiary/aromatic N) is 2. The van der Waals surface area contributed by atoms with E-state index in [0.717, 1.165) is 0 Å². The van der Waals surface area contributed by atoms with Crippen molar-refractivity contribution in [2.75, 3.05) is 18.0 Å². The van der Waals surface area contributed by atoms with Gasteiger partial charge in [0, 0.05) is 24.2 Å². The van der Waals surface area contributed by atoms with E-state index in [1.807, 2.05) is 4.90 Å². The molecular formula is C12H15ClN2O3. The Morgan fingerprint density at radius 1 is 1.44 bits per heavy atom. The second kappa shape index (κ2) is 4.74. The van der Waals surface area contributed by atoms with Crippen LogP contribution in [0.3, 0.4) is 0 Å². The van der Waals surface area contributed by atoms with Crippen LogP contribution in [0.25, 0.3) is 0 Å². The van der Waals surface area contributed by atoms with E-state index < -0.39 is 10.5 Å². The SMILES string of the molecule is CC1(O)CCN(c2cc(Cl)ccc2[N+](=O)[O-])CC1. The number of anilines is 1. The van der Waals surface area contributed by atoms with Gasteiger partial charge in [0.05, 0.1) is 10.5 Å². The van der Waals surface area contributed by atoms with E-state index in [2.05, 4.69) is 0 Å². The van der Waals surface area contributed by atoms with Crippen LogP contribution < -0.4 is 4.90 Å². The smallest absolute Gasteiger partial charge is 0.292 e. The van der Waals surface area contributed by atoms with Crippen molar-refractivity contribution in [1.82, 2.24) is 0 Å². The Morgan fingerprint density at radius 2 is 2.06 bits per heavy atom. The fourth-order valence-electron chi connectivity index (χ4n) is 2.13. The van der Waals surface area contributed by atoms with Crippen molar-refractivity contribution >= 4 is 23.0 Å². The predicted molar refractivity (Wildman–Crippen MR) is 70.2 cm³/mol. The molecule has 1 fully saturated rings. The fraction of sp³-hybridized carbons (Fsp3) is 0.500. The molecule has 0 spiro atoms. The number of hydrogen-bond acceptors (Lipinski definition) is 4. The zero-order valence-electron chi connectivity index (χ0n) is 10.1. The number of nitro benzene ring substituents is 1. The summed E-state index contributed by atoms with van der Waals surface area (Å²) in [6.07, 6.45) is 1.19. The number of hydrogen-bond donors (Lipinski definition) is 1. The third-order valence-electron chi connectivity index (χ3n) is 3.32. The molecule has 1 aliphatic rings. The molecule has 98 valence electrons. The highest BCUT2D eigenvalue weighted by molar-refractivity contribution is 6.31. The highest BCUT2D eigenvalue weighted by atomic mass is 35.5. The van der Waals surface area contributed by atoms with Gasteiger partial charge in [-0.3, -0.25) is 10.1 Å². The van der Waals surface area contributed by atoms with Crippen molar-refractivity contribution in [3.05, 3.63) is 33.3 Å². The first kappa shape index (κ1) is 13.1. The van der Waals surface area contributed by atoms with Crippen molar-refractivity contribution in [2.24, 2.45) is 0 Å². The van der Waals surface area contributed by atoms with Crippen LogP contribution in [0.4, 0.5) is 11.4 Å². The summed E-state index contributed by atoms with van der Waals surface area (Å²) < 4.78 is 0. The van der Waals surface area contributed by atoms with E-state index in [4.69, 9.17) is 11.6 Å². The van der Waals surface area contributed by atoms with Crippen molar-refractivity contribution in [2.45, 2.75) is 25.4 Å². The van der Waals surface area contributed by atoms with Crippen LogP contribution in [0.2, 0.25) is 5.02 Å². The van der Waals surface area contributed by atoms with Crippen LogP contribution >= 0.6 is 11.6 Å². The molecule has 0 aromatic heterocycles. The molecule has 1 N–H and O–H groups in total. The number of nitro groups is 1. The van der Waals surface area contributed by atoms with E-state index in [1.54, 1.807) is 13.0 Å². The van der Waals surface area contributed by atoms with Crippen molar-refractivity contribution in [3.63, 3.8) is 0 Å². The summed E-state index contributed by atoms with van der Waals surface area (Å²) in [6.45, 7) is 2.97. The highest BCUT2D eigenvalue weighted by Gasteiger charge is 2.30. The first-order valence-electron chi connectivity index (χ1n) is 5.80. The monoisotopic (exact) mass is 270 g/mol. The molecule has 0 bridgehead atoms.